The number of methoxy groups -OCH3 is 1. The molecule has 3 rings (SSSR count). The minimum absolute atomic E-state index is 0.0739. The van der Waals surface area contributed by atoms with Gasteiger partial charge in [-0.2, -0.15) is 0 Å². The third-order valence-electron chi connectivity index (χ3n) is 7.39. The number of hydrogen-bond acceptors (Lipinski definition) is 10. The van der Waals surface area contributed by atoms with Crippen LogP contribution in [0.5, 0.6) is 5.75 Å². The summed E-state index contributed by atoms with van der Waals surface area (Å²) in [5.74, 6) is 0.849. The van der Waals surface area contributed by atoms with Crippen LogP contribution in [0.1, 0.15) is 80.7 Å². The molecule has 0 aliphatic carbocycles. The van der Waals surface area contributed by atoms with Gasteiger partial charge >= 0.3 is 24.4 Å². The zero-order valence-corrected chi connectivity index (χ0v) is 29.5. The van der Waals surface area contributed by atoms with Crippen LogP contribution in [-0.2, 0) is 30.1 Å². The molecule has 0 unspecified atom stereocenters. The van der Waals surface area contributed by atoms with Crippen LogP contribution in [0.2, 0.25) is 0 Å². The number of likely N-dealkylation sites (tertiary alicyclic amines) is 2. The summed E-state index contributed by atoms with van der Waals surface area (Å²) < 4.78 is 33.4. The highest BCUT2D eigenvalue weighted by atomic mass is 16.7. The van der Waals surface area contributed by atoms with Crippen molar-refractivity contribution in [3.63, 3.8) is 0 Å². The number of amides is 3. The Morgan fingerprint density at radius 3 is 1.98 bits per heavy atom. The molecule has 0 bridgehead atoms. The second-order valence-electron chi connectivity index (χ2n) is 15.0. The fourth-order valence-electron chi connectivity index (χ4n) is 5.38. The molecule has 3 amide bonds. The van der Waals surface area contributed by atoms with E-state index in [1.54, 1.807) is 65.7 Å². The quantitative estimate of drug-likeness (QED) is 0.263. The molecule has 2 heterocycles. The van der Waals surface area contributed by atoms with Gasteiger partial charge in [-0.3, -0.25) is 4.90 Å². The third-order valence-corrected chi connectivity index (χ3v) is 7.39. The fourth-order valence-corrected chi connectivity index (χ4v) is 5.38. The van der Waals surface area contributed by atoms with Gasteiger partial charge in [-0.15, -0.1) is 0 Å². The number of benzene rings is 1. The average molecular weight is 664 g/mol. The number of carbonyl (C=O) groups excluding carboxylic acids is 4. The predicted molar refractivity (Wildman–Crippen MR) is 173 cm³/mol. The normalized spacial score (nSPS) is 21.6. The van der Waals surface area contributed by atoms with Crippen molar-refractivity contribution in [2.24, 2.45) is 5.92 Å². The van der Waals surface area contributed by atoms with E-state index in [1.165, 1.54) is 4.90 Å². The van der Waals surface area contributed by atoms with Crippen LogP contribution in [0.3, 0.4) is 0 Å². The van der Waals surface area contributed by atoms with Crippen LogP contribution < -0.4 is 10.1 Å². The van der Waals surface area contributed by atoms with Gasteiger partial charge in [-0.05, 0) is 105 Å². The first kappa shape index (κ1) is 37.6. The summed E-state index contributed by atoms with van der Waals surface area (Å²) in [6.07, 6.45) is -3.01. The van der Waals surface area contributed by atoms with Gasteiger partial charge < -0.3 is 38.6 Å². The van der Waals surface area contributed by atoms with Gasteiger partial charge in [-0.1, -0.05) is 12.1 Å². The number of rotatable bonds is 8. The number of alkyl carbamates (subject to hydrolysis) is 1. The molecule has 2 saturated heterocycles. The summed E-state index contributed by atoms with van der Waals surface area (Å²) in [4.78, 5) is 55.0. The van der Waals surface area contributed by atoms with Crippen LogP contribution in [0.15, 0.2) is 24.3 Å². The summed E-state index contributed by atoms with van der Waals surface area (Å²) in [7, 11) is 1.57. The molecule has 4 atom stereocenters. The first-order valence-corrected chi connectivity index (χ1v) is 16.2. The van der Waals surface area contributed by atoms with E-state index in [1.807, 2.05) is 32.9 Å². The minimum Gasteiger partial charge on any atom is -0.497 e. The van der Waals surface area contributed by atoms with E-state index in [0.717, 1.165) is 12.0 Å². The molecule has 2 fully saturated rings. The Hall–Kier alpha value is -3.90. The Morgan fingerprint density at radius 1 is 0.809 bits per heavy atom. The van der Waals surface area contributed by atoms with Crippen molar-refractivity contribution in [1.29, 1.82) is 0 Å². The maximum atomic E-state index is 13.4. The van der Waals surface area contributed by atoms with E-state index in [0.29, 0.717) is 31.8 Å². The number of nitrogens with one attached hydrogen (secondary N) is 1. The maximum absolute atomic E-state index is 13.4. The molecule has 1 N–H and O–H groups in total. The molecular weight excluding hydrogens is 610 g/mol. The Balaban J connectivity index is 1.75. The van der Waals surface area contributed by atoms with Gasteiger partial charge in [0.25, 0.3) is 0 Å². The van der Waals surface area contributed by atoms with E-state index in [2.05, 4.69) is 5.32 Å². The van der Waals surface area contributed by atoms with Gasteiger partial charge in [0.2, 0.25) is 0 Å². The van der Waals surface area contributed by atoms with Crippen molar-refractivity contribution in [1.82, 2.24) is 15.1 Å². The van der Waals surface area contributed by atoms with Crippen LogP contribution >= 0.6 is 0 Å². The Kier molecular flexibility index (Phi) is 12.3. The molecule has 1 aromatic carbocycles. The van der Waals surface area contributed by atoms with Gasteiger partial charge in [0.1, 0.15) is 22.6 Å². The predicted octanol–water partition coefficient (Wildman–Crippen LogP) is 5.92. The maximum Gasteiger partial charge on any atom is 0.509 e. The lowest BCUT2D eigenvalue weighted by atomic mass is 10.0. The van der Waals surface area contributed by atoms with Crippen molar-refractivity contribution in [2.45, 2.75) is 117 Å². The number of ether oxygens (including phenoxy) is 6. The first-order chi connectivity index (χ1) is 21.7. The van der Waals surface area contributed by atoms with Crippen molar-refractivity contribution in [3.8, 4) is 5.75 Å². The Labute approximate surface area is 278 Å². The first-order valence-electron chi connectivity index (χ1n) is 16.2. The summed E-state index contributed by atoms with van der Waals surface area (Å²) in [5, 5.41) is 2.79. The van der Waals surface area contributed by atoms with Crippen molar-refractivity contribution < 1.29 is 47.6 Å². The highest BCUT2D eigenvalue weighted by Crippen LogP contribution is 2.30. The number of carbonyl (C=O) groups is 4. The summed E-state index contributed by atoms with van der Waals surface area (Å²) in [5.41, 5.74) is -1.35. The van der Waals surface area contributed by atoms with Crippen LogP contribution in [-0.4, -0.2) is 103 Å². The molecule has 264 valence electrons. The average Bonchev–Trinajstić information content (AvgIpc) is 3.52. The van der Waals surface area contributed by atoms with E-state index in [4.69, 9.17) is 28.4 Å². The lowest BCUT2D eigenvalue weighted by Crippen LogP contribution is -2.46. The van der Waals surface area contributed by atoms with Crippen molar-refractivity contribution in [3.05, 3.63) is 29.8 Å². The highest BCUT2D eigenvalue weighted by Gasteiger charge is 2.50. The zero-order valence-electron chi connectivity index (χ0n) is 29.5. The van der Waals surface area contributed by atoms with E-state index >= 15 is 0 Å². The molecule has 2 aliphatic rings. The highest BCUT2D eigenvalue weighted by molar-refractivity contribution is 5.71. The van der Waals surface area contributed by atoms with Gasteiger partial charge in [-0.25, -0.2) is 19.2 Å². The summed E-state index contributed by atoms with van der Waals surface area (Å²) >= 11 is 0. The number of hydrogen-bond donors (Lipinski definition) is 1. The molecule has 0 spiro atoms. The van der Waals surface area contributed by atoms with E-state index < -0.39 is 53.4 Å². The lowest BCUT2D eigenvalue weighted by Gasteiger charge is -2.30. The van der Waals surface area contributed by atoms with E-state index in [-0.39, 0.29) is 25.0 Å². The lowest BCUT2D eigenvalue weighted by molar-refractivity contribution is -0.0518. The Morgan fingerprint density at radius 2 is 1.40 bits per heavy atom. The zero-order chi connectivity index (χ0) is 35.2. The molecule has 47 heavy (non-hydrogen) atoms. The topological polar surface area (TPSA) is 142 Å². The summed E-state index contributed by atoms with van der Waals surface area (Å²) in [6, 6.07) is 6.58. The second-order valence-corrected chi connectivity index (χ2v) is 15.0. The molecular formula is C34H53N3O10. The second kappa shape index (κ2) is 15.3. The third kappa shape index (κ3) is 12.3. The Bertz CT molecular complexity index is 1230. The largest absolute Gasteiger partial charge is 0.509 e. The van der Waals surface area contributed by atoms with Gasteiger partial charge in [0.15, 0.2) is 12.2 Å². The SMILES string of the molecule is COc1ccc(C[C@@H]2[C@H](OC(=O)NCC[C@@H]3CCN(C(=O)OC(C)(C)C)C3)[C@@H](OC(=O)OC(C)(C)C)CN2C(=O)OC(C)(C)C)cc1. The minimum atomic E-state index is -1.04. The molecule has 2 aliphatic heterocycles. The monoisotopic (exact) mass is 663 g/mol. The van der Waals surface area contributed by atoms with Crippen LogP contribution in [0, 0.1) is 5.92 Å². The molecule has 0 saturated carbocycles. The van der Waals surface area contributed by atoms with Gasteiger partial charge in [0.05, 0.1) is 19.7 Å². The summed E-state index contributed by atoms with van der Waals surface area (Å²) in [6.45, 7) is 17.2. The molecule has 0 radical (unpaired) electrons. The van der Waals surface area contributed by atoms with Gasteiger partial charge in [0, 0.05) is 19.6 Å². The van der Waals surface area contributed by atoms with E-state index in [9.17, 15) is 19.2 Å². The molecule has 1 aromatic rings. The smallest absolute Gasteiger partial charge is 0.497 e. The standard InChI is InChI=1S/C34H53N3O10/c1-32(2,3)45-29(39)36-18-16-23(20-36)15-17-35-28(38)44-27-25(19-22-11-13-24(42-10)14-12-22)37(30(40)46-33(4,5)6)21-26(27)43-31(41)47-34(7,8)9/h11-14,23,25-27H,15-21H2,1-10H3,(H,35,38)/t23-,25-,26+,27+/m1/s1. The van der Waals surface area contributed by atoms with Crippen molar-refractivity contribution in [2.75, 3.05) is 33.3 Å². The van der Waals surface area contributed by atoms with Crippen LogP contribution in [0.4, 0.5) is 19.2 Å². The molecule has 13 nitrogen and oxygen atoms in total. The molecule has 0 aromatic heterocycles. The number of nitrogens with zero attached hydrogens (tertiary/aromatic N) is 2. The van der Waals surface area contributed by atoms with Crippen LogP contribution in [0.25, 0.3) is 0 Å². The van der Waals surface area contributed by atoms with Crippen molar-refractivity contribution >= 4 is 24.4 Å². The molecule has 13 heteroatoms. The fraction of sp³-hybridized carbons (Fsp3) is 0.706.